The van der Waals surface area contributed by atoms with Gasteiger partial charge in [-0.25, -0.2) is 4.98 Å². The van der Waals surface area contributed by atoms with Gasteiger partial charge in [-0.15, -0.1) is 0 Å². The lowest BCUT2D eigenvalue weighted by Gasteiger charge is -2.38. The summed E-state index contributed by atoms with van der Waals surface area (Å²) in [5.41, 5.74) is -1.31. The molecule has 3 aromatic carbocycles. The standard InChI is InChI=1S/C49H58N4O13/c1-21-11-10-12-22(2)48(61)52-39-43(59)35-34(38-46(39)65-33-18-30(17-31(55)37(33)51-38)53-19-28-13-14-29(20-53)50-28)36-45(26(6)42(35)58)66-49(8,47(36)60)63-16-15-32(62-9)23(3)44(64-27(7)54)25(5)41(57)24(4)40(21)56/h10-12,15-18,21,23-25,28-29,32,40-41,44,50,56-58,60H,13-14,19-20H2,1-9H3,(H,52,61)/b11-10+,16-15+,22-12-/t21-,23+,24+,25+,28-,29+,32-,40-,41+,44+,49-/m0/s1. The number of anilines is 2. The molecule has 2 fully saturated rings. The van der Waals surface area contributed by atoms with Crippen LogP contribution in [0.1, 0.15) is 66.9 Å². The Bertz CT molecular complexity index is 2900. The molecule has 4 aliphatic rings. The van der Waals surface area contributed by atoms with Crippen molar-refractivity contribution in [3.05, 3.63) is 79.5 Å². The number of piperazine rings is 1. The van der Waals surface area contributed by atoms with Gasteiger partial charge < -0.3 is 59.3 Å². The number of esters is 1. The van der Waals surface area contributed by atoms with Gasteiger partial charge in [-0.1, -0.05) is 45.9 Å². The second kappa shape index (κ2) is 17.7. The molecular weight excluding hydrogens is 853 g/mol. The van der Waals surface area contributed by atoms with E-state index in [1.165, 1.54) is 59.3 Å². The number of nitrogens with one attached hydrogen (secondary N) is 2. The summed E-state index contributed by atoms with van der Waals surface area (Å²) in [4.78, 5) is 62.2. The normalized spacial score (nSPS) is 32.5. The third-order valence-corrected chi connectivity index (χ3v) is 14.0. The average Bonchev–Trinajstić information content (AvgIpc) is 3.76. The van der Waals surface area contributed by atoms with Crippen molar-refractivity contribution in [1.82, 2.24) is 10.3 Å². The quantitative estimate of drug-likeness (QED) is 0.0943. The van der Waals surface area contributed by atoms with Crippen LogP contribution >= 0.6 is 0 Å². The number of methoxy groups -OCH3 is 1. The van der Waals surface area contributed by atoms with Crippen LogP contribution in [-0.2, 0) is 23.8 Å². The number of rotatable bonds is 3. The highest BCUT2D eigenvalue weighted by molar-refractivity contribution is 6.16. The first kappa shape index (κ1) is 46.5. The summed E-state index contributed by atoms with van der Waals surface area (Å²) in [6.45, 7) is 14.0. The number of hydrogen-bond donors (Lipinski definition) is 6. The fourth-order valence-corrected chi connectivity index (χ4v) is 10.1. The zero-order valence-corrected chi connectivity index (χ0v) is 38.5. The third-order valence-electron chi connectivity index (χ3n) is 14.0. The minimum absolute atomic E-state index is 0.0448. The number of nitrogens with zero attached hydrogens (tertiary/aromatic N) is 2. The van der Waals surface area contributed by atoms with Crippen molar-refractivity contribution < 1.29 is 53.4 Å². The molecule has 1 aromatic heterocycles. The van der Waals surface area contributed by atoms with Crippen molar-refractivity contribution in [2.24, 2.45) is 23.7 Å². The van der Waals surface area contributed by atoms with Gasteiger partial charge in [0.25, 0.3) is 5.91 Å². The van der Waals surface area contributed by atoms with E-state index in [1.54, 1.807) is 45.9 Å². The minimum atomic E-state index is -1.98. The molecule has 17 heteroatoms. The fraction of sp³-hybridized carbons (Fsp3) is 0.490. The van der Waals surface area contributed by atoms with Crippen molar-refractivity contribution in [1.29, 1.82) is 0 Å². The zero-order valence-electron chi connectivity index (χ0n) is 38.5. The van der Waals surface area contributed by atoms with E-state index < -0.39 is 88.1 Å². The molecule has 0 saturated carbocycles. The average molecular weight is 911 g/mol. The van der Waals surface area contributed by atoms with Crippen molar-refractivity contribution in [3.8, 4) is 11.5 Å². The highest BCUT2D eigenvalue weighted by atomic mass is 16.7. The number of hydrogen-bond acceptors (Lipinski definition) is 16. The summed E-state index contributed by atoms with van der Waals surface area (Å²) in [6.07, 6.45) is 5.61. The Morgan fingerprint density at radius 1 is 0.939 bits per heavy atom. The first-order valence-corrected chi connectivity index (χ1v) is 22.4. The lowest BCUT2D eigenvalue weighted by Crippen LogP contribution is -2.51. The van der Waals surface area contributed by atoms with Gasteiger partial charge in [-0.05, 0) is 32.8 Å². The predicted molar refractivity (Wildman–Crippen MR) is 247 cm³/mol. The number of allylic oxidation sites excluding steroid dienone is 2. The molecule has 66 heavy (non-hydrogen) atoms. The molecule has 8 rings (SSSR count). The van der Waals surface area contributed by atoms with Crippen molar-refractivity contribution in [2.75, 3.05) is 30.4 Å². The zero-order chi connectivity index (χ0) is 47.7. The SMILES string of the molecule is CO[C@H]1/C=C/O[C@@]2(C)Oc3c(C)c(O)c4c(=O)c(c5oc6cc(N7C[C@H]8CC[C@@H](C7)N8)cc(=O)c6nc5c4c3=C2O)NC(=O)/C(C)=C\C=C\[C@H](C)[C@H](O)[C@@H](C)[C@@H](O)[C@@H](C)[C@H](OC(C)=O)[C@@H]1C. The maximum absolute atomic E-state index is 14.9. The molecule has 4 aliphatic heterocycles. The molecule has 5 heterocycles. The molecule has 11 atom stereocenters. The maximum Gasteiger partial charge on any atom is 0.307 e. The number of carbonyl (C=O) groups excluding carboxylic acids is 2. The first-order valence-electron chi connectivity index (χ1n) is 22.4. The van der Waals surface area contributed by atoms with Crippen LogP contribution in [0.15, 0.2) is 62.3 Å². The number of aromatic nitrogens is 1. The van der Waals surface area contributed by atoms with E-state index in [9.17, 15) is 39.6 Å². The monoisotopic (exact) mass is 910 g/mol. The van der Waals surface area contributed by atoms with E-state index in [1.807, 2.05) is 0 Å². The van der Waals surface area contributed by atoms with E-state index in [-0.39, 0.29) is 72.8 Å². The van der Waals surface area contributed by atoms with Crippen LogP contribution in [0.3, 0.4) is 0 Å². The number of carbonyl (C=O) groups is 2. The Morgan fingerprint density at radius 2 is 1.64 bits per heavy atom. The number of phenols is 1. The molecule has 0 aliphatic carbocycles. The number of fused-ring (bicyclic) bond motifs is 4. The lowest BCUT2D eigenvalue weighted by atomic mass is 9.78. The van der Waals surface area contributed by atoms with E-state index in [0.717, 1.165) is 12.8 Å². The largest absolute Gasteiger partial charge is 0.507 e. The van der Waals surface area contributed by atoms with E-state index in [2.05, 4.69) is 15.5 Å². The number of benzene rings is 3. The van der Waals surface area contributed by atoms with Crippen molar-refractivity contribution in [2.45, 2.75) is 111 Å². The number of ether oxygens (including phenoxy) is 4. The van der Waals surface area contributed by atoms with Gasteiger partial charge in [0.15, 0.2) is 22.4 Å². The predicted octanol–water partition coefficient (Wildman–Crippen LogP) is 4.50. The highest BCUT2D eigenvalue weighted by Crippen LogP contribution is 2.42. The molecule has 352 valence electrons. The second-order valence-electron chi connectivity index (χ2n) is 18.6. The Balaban J connectivity index is 1.35. The van der Waals surface area contributed by atoms with E-state index in [0.29, 0.717) is 18.8 Å². The molecular formula is C49H58N4O13. The van der Waals surface area contributed by atoms with Gasteiger partial charge in [0.1, 0.15) is 28.8 Å². The van der Waals surface area contributed by atoms with E-state index >= 15 is 0 Å². The van der Waals surface area contributed by atoms with Crippen molar-refractivity contribution >= 4 is 62.0 Å². The van der Waals surface area contributed by atoms with Crippen LogP contribution in [0.4, 0.5) is 11.4 Å². The third kappa shape index (κ3) is 8.05. The minimum Gasteiger partial charge on any atom is -0.507 e. The molecule has 1 amide bonds. The summed E-state index contributed by atoms with van der Waals surface area (Å²) in [7, 11) is 1.45. The number of aromatic hydroxyl groups is 1. The highest BCUT2D eigenvalue weighted by Gasteiger charge is 2.44. The topological polar surface area (TPSA) is 239 Å². The van der Waals surface area contributed by atoms with Gasteiger partial charge >= 0.3 is 11.8 Å². The maximum atomic E-state index is 14.9. The second-order valence-corrected chi connectivity index (χ2v) is 18.6. The molecule has 0 radical (unpaired) electrons. The number of amides is 1. The molecule has 6 N–H and O–H groups in total. The summed E-state index contributed by atoms with van der Waals surface area (Å²) < 4.78 is 30.5. The summed E-state index contributed by atoms with van der Waals surface area (Å²) in [5, 5.41) is 52.8. The van der Waals surface area contributed by atoms with Gasteiger partial charge in [0.2, 0.25) is 10.9 Å². The number of phenolic OH excluding ortho intramolecular Hbond substituents is 1. The van der Waals surface area contributed by atoms with Gasteiger partial charge in [0, 0.05) is 104 Å². The van der Waals surface area contributed by atoms with Crippen LogP contribution < -0.4 is 36.3 Å². The molecule has 4 aromatic rings. The van der Waals surface area contributed by atoms with Crippen LogP contribution in [0.5, 0.6) is 11.5 Å². The Kier molecular flexibility index (Phi) is 12.4. The van der Waals surface area contributed by atoms with Crippen molar-refractivity contribution in [3.63, 3.8) is 0 Å². The summed E-state index contributed by atoms with van der Waals surface area (Å²) in [6, 6.07) is 3.70. The van der Waals surface area contributed by atoms with Crippen LogP contribution in [0.25, 0.3) is 38.7 Å². The van der Waals surface area contributed by atoms with Crippen LogP contribution in [0.2, 0.25) is 0 Å². The van der Waals surface area contributed by atoms with Gasteiger partial charge in [-0.2, -0.15) is 0 Å². The number of aliphatic hydroxyl groups is 3. The van der Waals surface area contributed by atoms with Crippen LogP contribution in [-0.4, -0.2) is 99.8 Å². The smallest absolute Gasteiger partial charge is 0.307 e. The molecule has 0 unspecified atom stereocenters. The fourth-order valence-electron chi connectivity index (χ4n) is 10.1. The molecule has 2 saturated heterocycles. The Morgan fingerprint density at radius 3 is 2.30 bits per heavy atom. The Hall–Kier alpha value is -6.01. The Labute approximate surface area is 380 Å². The van der Waals surface area contributed by atoms with E-state index in [4.69, 9.17) is 28.3 Å². The first-order chi connectivity index (χ1) is 31.2. The summed E-state index contributed by atoms with van der Waals surface area (Å²) >= 11 is 0. The molecule has 17 nitrogen and oxygen atoms in total. The molecule has 0 spiro atoms. The molecule has 6 bridgehead atoms. The van der Waals surface area contributed by atoms with Gasteiger partial charge in [-0.3, -0.25) is 19.2 Å². The summed E-state index contributed by atoms with van der Waals surface area (Å²) in [5.74, 6) is -6.91. The number of aliphatic hydroxyl groups excluding tert-OH is 3. The van der Waals surface area contributed by atoms with Crippen LogP contribution in [0, 0.1) is 30.6 Å². The lowest BCUT2D eigenvalue weighted by molar-refractivity contribution is -0.160. The van der Waals surface area contributed by atoms with Gasteiger partial charge in [0.05, 0.1) is 35.2 Å².